The van der Waals surface area contributed by atoms with E-state index < -0.39 is 0 Å². The van der Waals surface area contributed by atoms with E-state index in [2.05, 4.69) is 41.3 Å². The summed E-state index contributed by atoms with van der Waals surface area (Å²) in [5, 5.41) is 6.76. The standard InChI is InChI=1S/C16H32N4O2/c1-15(2)13-20(9-11-21-15)8-7-18-14(17-4)19-12-16(3)6-5-10-22-16/h5-13H2,1-4H3,(H2,17,18,19). The Bertz CT molecular complexity index is 378. The van der Waals surface area contributed by atoms with Gasteiger partial charge in [0.05, 0.1) is 17.8 Å². The van der Waals surface area contributed by atoms with Gasteiger partial charge >= 0.3 is 0 Å². The molecule has 2 heterocycles. The Labute approximate surface area is 134 Å². The molecule has 22 heavy (non-hydrogen) atoms. The van der Waals surface area contributed by atoms with Crippen molar-refractivity contribution in [3.8, 4) is 0 Å². The lowest BCUT2D eigenvalue weighted by molar-refractivity contribution is -0.0852. The zero-order chi connectivity index (χ0) is 16.1. The first kappa shape index (κ1) is 17.5. The van der Waals surface area contributed by atoms with Gasteiger partial charge in [-0.2, -0.15) is 0 Å². The Morgan fingerprint density at radius 3 is 2.64 bits per heavy atom. The topological polar surface area (TPSA) is 58.1 Å². The van der Waals surface area contributed by atoms with Gasteiger partial charge in [-0.05, 0) is 33.6 Å². The zero-order valence-electron chi connectivity index (χ0n) is 14.6. The van der Waals surface area contributed by atoms with Crippen molar-refractivity contribution in [2.24, 2.45) is 4.99 Å². The van der Waals surface area contributed by atoms with Crippen LogP contribution in [0.2, 0.25) is 0 Å². The van der Waals surface area contributed by atoms with Crippen molar-refractivity contribution in [2.75, 3.05) is 53.0 Å². The number of hydrogen-bond donors (Lipinski definition) is 2. The molecule has 0 bridgehead atoms. The molecule has 2 aliphatic rings. The molecule has 128 valence electrons. The second-order valence-corrected chi connectivity index (χ2v) is 7.14. The summed E-state index contributed by atoms with van der Waals surface area (Å²) in [5.41, 5.74) is -0.0849. The maximum absolute atomic E-state index is 5.79. The average molecular weight is 312 g/mol. The smallest absolute Gasteiger partial charge is 0.191 e. The van der Waals surface area contributed by atoms with Crippen LogP contribution in [0, 0.1) is 0 Å². The van der Waals surface area contributed by atoms with Gasteiger partial charge < -0.3 is 20.1 Å². The highest BCUT2D eigenvalue weighted by molar-refractivity contribution is 5.79. The van der Waals surface area contributed by atoms with Gasteiger partial charge in [-0.3, -0.25) is 9.89 Å². The third kappa shape index (κ3) is 5.41. The Hall–Kier alpha value is -0.850. The average Bonchev–Trinajstić information content (AvgIpc) is 2.89. The molecule has 2 N–H and O–H groups in total. The van der Waals surface area contributed by atoms with Crippen LogP contribution in [0.3, 0.4) is 0 Å². The summed E-state index contributed by atoms with van der Waals surface area (Å²) in [7, 11) is 1.81. The fraction of sp³-hybridized carbons (Fsp3) is 0.938. The summed E-state index contributed by atoms with van der Waals surface area (Å²) in [4.78, 5) is 6.72. The maximum Gasteiger partial charge on any atom is 0.191 e. The lowest BCUT2D eigenvalue weighted by atomic mass is 10.0. The van der Waals surface area contributed by atoms with Gasteiger partial charge in [0.2, 0.25) is 0 Å². The Morgan fingerprint density at radius 1 is 1.18 bits per heavy atom. The van der Waals surface area contributed by atoms with Crippen LogP contribution in [-0.2, 0) is 9.47 Å². The van der Waals surface area contributed by atoms with Crippen molar-refractivity contribution in [3.63, 3.8) is 0 Å². The molecule has 6 nitrogen and oxygen atoms in total. The molecule has 2 saturated heterocycles. The second kappa shape index (κ2) is 7.62. The van der Waals surface area contributed by atoms with Crippen LogP contribution in [0.15, 0.2) is 4.99 Å². The highest BCUT2D eigenvalue weighted by Crippen LogP contribution is 2.23. The Balaban J connectivity index is 1.66. The van der Waals surface area contributed by atoms with Gasteiger partial charge in [0, 0.05) is 46.4 Å². The van der Waals surface area contributed by atoms with E-state index >= 15 is 0 Å². The number of hydrogen-bond acceptors (Lipinski definition) is 4. The summed E-state index contributed by atoms with van der Waals surface area (Å²) in [6.07, 6.45) is 2.26. The largest absolute Gasteiger partial charge is 0.373 e. The van der Waals surface area contributed by atoms with E-state index in [4.69, 9.17) is 9.47 Å². The van der Waals surface area contributed by atoms with Crippen molar-refractivity contribution in [1.82, 2.24) is 15.5 Å². The lowest BCUT2D eigenvalue weighted by Gasteiger charge is -2.38. The number of morpholine rings is 1. The molecule has 0 aromatic rings. The van der Waals surface area contributed by atoms with Crippen LogP contribution in [0.4, 0.5) is 0 Å². The van der Waals surface area contributed by atoms with Crippen LogP contribution < -0.4 is 10.6 Å². The van der Waals surface area contributed by atoms with E-state index in [0.717, 1.165) is 64.7 Å². The molecule has 2 fully saturated rings. The van der Waals surface area contributed by atoms with E-state index in [1.54, 1.807) is 0 Å². The summed E-state index contributed by atoms with van der Waals surface area (Å²) in [5.74, 6) is 0.851. The van der Waals surface area contributed by atoms with Crippen LogP contribution in [-0.4, -0.2) is 75.0 Å². The number of guanidine groups is 1. The minimum atomic E-state index is -0.0497. The molecule has 1 atom stereocenters. The highest BCUT2D eigenvalue weighted by Gasteiger charge is 2.30. The molecule has 2 aliphatic heterocycles. The van der Waals surface area contributed by atoms with Gasteiger partial charge in [-0.25, -0.2) is 0 Å². The molecule has 6 heteroatoms. The number of rotatable bonds is 5. The number of aliphatic imine (C=N–C) groups is 1. The first-order valence-electron chi connectivity index (χ1n) is 8.37. The van der Waals surface area contributed by atoms with Gasteiger partial charge in [0.15, 0.2) is 5.96 Å². The quantitative estimate of drug-likeness (QED) is 0.582. The van der Waals surface area contributed by atoms with E-state index in [9.17, 15) is 0 Å². The first-order valence-corrected chi connectivity index (χ1v) is 8.37. The molecule has 0 aliphatic carbocycles. The molecule has 0 aromatic carbocycles. The van der Waals surface area contributed by atoms with Crippen molar-refractivity contribution < 1.29 is 9.47 Å². The van der Waals surface area contributed by atoms with Gasteiger partial charge in [0.1, 0.15) is 0 Å². The summed E-state index contributed by atoms with van der Waals surface area (Å²) in [6, 6.07) is 0. The lowest BCUT2D eigenvalue weighted by Crippen LogP contribution is -2.51. The Kier molecular flexibility index (Phi) is 6.06. The number of nitrogens with zero attached hydrogens (tertiary/aromatic N) is 2. The van der Waals surface area contributed by atoms with Gasteiger partial charge in [-0.1, -0.05) is 0 Å². The van der Waals surface area contributed by atoms with Crippen LogP contribution in [0.25, 0.3) is 0 Å². The molecule has 0 spiro atoms. The molecule has 0 amide bonds. The third-order valence-corrected chi connectivity index (χ3v) is 4.38. The molecule has 2 rings (SSSR count). The van der Waals surface area contributed by atoms with Crippen LogP contribution >= 0.6 is 0 Å². The van der Waals surface area contributed by atoms with Crippen molar-refractivity contribution in [2.45, 2.75) is 44.8 Å². The van der Waals surface area contributed by atoms with Gasteiger partial charge in [-0.15, -0.1) is 0 Å². The zero-order valence-corrected chi connectivity index (χ0v) is 14.6. The fourth-order valence-electron chi connectivity index (χ4n) is 3.11. The molecule has 0 saturated carbocycles. The van der Waals surface area contributed by atoms with Crippen LogP contribution in [0.1, 0.15) is 33.6 Å². The predicted molar refractivity (Wildman–Crippen MR) is 89.4 cm³/mol. The molecular weight excluding hydrogens is 280 g/mol. The monoisotopic (exact) mass is 312 g/mol. The summed E-state index contributed by atoms with van der Waals surface area (Å²) < 4.78 is 11.5. The van der Waals surface area contributed by atoms with E-state index in [1.807, 2.05) is 7.05 Å². The van der Waals surface area contributed by atoms with E-state index in [-0.39, 0.29) is 11.2 Å². The molecule has 0 aromatic heterocycles. The summed E-state index contributed by atoms with van der Waals surface area (Å²) in [6.45, 7) is 12.8. The molecular formula is C16H32N4O2. The SMILES string of the molecule is CN=C(NCCN1CCOC(C)(C)C1)NCC1(C)CCCO1. The first-order chi connectivity index (χ1) is 10.4. The third-order valence-electron chi connectivity index (χ3n) is 4.38. The number of nitrogens with one attached hydrogen (secondary N) is 2. The Morgan fingerprint density at radius 2 is 2.00 bits per heavy atom. The normalized spacial score (nSPS) is 29.5. The minimum absolute atomic E-state index is 0.0351. The summed E-state index contributed by atoms with van der Waals surface area (Å²) >= 11 is 0. The minimum Gasteiger partial charge on any atom is -0.373 e. The van der Waals surface area contributed by atoms with Crippen molar-refractivity contribution in [3.05, 3.63) is 0 Å². The highest BCUT2D eigenvalue weighted by atomic mass is 16.5. The molecule has 1 unspecified atom stereocenters. The number of ether oxygens (including phenoxy) is 2. The fourth-order valence-corrected chi connectivity index (χ4v) is 3.11. The van der Waals surface area contributed by atoms with Gasteiger partial charge in [0.25, 0.3) is 0 Å². The maximum atomic E-state index is 5.79. The van der Waals surface area contributed by atoms with Crippen molar-refractivity contribution >= 4 is 5.96 Å². The van der Waals surface area contributed by atoms with Crippen molar-refractivity contribution in [1.29, 1.82) is 0 Å². The predicted octanol–water partition coefficient (Wildman–Crippen LogP) is 0.831. The van der Waals surface area contributed by atoms with E-state index in [0.29, 0.717) is 0 Å². The molecule has 0 radical (unpaired) electrons. The van der Waals surface area contributed by atoms with Crippen LogP contribution in [0.5, 0.6) is 0 Å². The second-order valence-electron chi connectivity index (χ2n) is 7.14. The van der Waals surface area contributed by atoms with E-state index in [1.165, 1.54) is 0 Å².